The Morgan fingerprint density at radius 3 is 2.39 bits per heavy atom. The number of benzene rings is 2. The summed E-state index contributed by atoms with van der Waals surface area (Å²) < 4.78 is 27.8. The molecular formula is C31H38F2N2O2S. The van der Waals surface area contributed by atoms with E-state index in [-0.39, 0.29) is 29.8 Å². The van der Waals surface area contributed by atoms with Crippen LogP contribution in [0.1, 0.15) is 79.9 Å². The smallest absolute Gasteiger partial charge is 0.252 e. The lowest BCUT2D eigenvalue weighted by Gasteiger charge is -2.41. The van der Waals surface area contributed by atoms with Crippen molar-refractivity contribution in [1.82, 2.24) is 10.6 Å². The van der Waals surface area contributed by atoms with E-state index >= 15 is 0 Å². The standard InChI is InChI=1S/C31H38F2N2O2S/c1-30(2,3)23-8-7-9-24(17-23)31(11-5-4-6-12-31)34-19-28(36)27(35-29(37)22-10-13-38-20-22)16-21-14-25(32)18-26(33)15-21/h7-10,13-15,17-18,20,27-28,34,36H,4-6,11-12,16,19H2,1-3H3,(H,35,37). The molecule has 0 radical (unpaired) electrons. The average Bonchev–Trinajstić information content (AvgIpc) is 3.42. The normalized spacial score (nSPS) is 17.1. The van der Waals surface area contributed by atoms with Gasteiger partial charge in [-0.2, -0.15) is 11.3 Å². The Morgan fingerprint density at radius 1 is 1.05 bits per heavy atom. The molecule has 0 aliphatic heterocycles. The lowest BCUT2D eigenvalue weighted by molar-refractivity contribution is 0.0789. The van der Waals surface area contributed by atoms with Crippen molar-refractivity contribution in [3.63, 3.8) is 0 Å². The number of rotatable bonds is 9. The van der Waals surface area contributed by atoms with E-state index < -0.39 is 23.8 Å². The maximum absolute atomic E-state index is 13.9. The predicted octanol–water partition coefficient (Wildman–Crippen LogP) is 6.48. The molecule has 2 unspecified atom stereocenters. The van der Waals surface area contributed by atoms with Gasteiger partial charge in [-0.3, -0.25) is 4.79 Å². The highest BCUT2D eigenvalue weighted by molar-refractivity contribution is 7.08. The van der Waals surface area contributed by atoms with Crippen molar-refractivity contribution in [2.24, 2.45) is 0 Å². The number of thiophene rings is 1. The fraction of sp³-hybridized carbons (Fsp3) is 0.452. The lowest BCUT2D eigenvalue weighted by Crippen LogP contribution is -2.53. The van der Waals surface area contributed by atoms with Gasteiger partial charge in [-0.15, -0.1) is 0 Å². The van der Waals surface area contributed by atoms with Crippen molar-refractivity contribution >= 4 is 17.2 Å². The molecule has 1 saturated carbocycles. The van der Waals surface area contributed by atoms with E-state index in [1.165, 1.54) is 41.0 Å². The van der Waals surface area contributed by atoms with Gasteiger partial charge in [0.2, 0.25) is 0 Å². The molecule has 3 N–H and O–H groups in total. The maximum Gasteiger partial charge on any atom is 0.252 e. The summed E-state index contributed by atoms with van der Waals surface area (Å²) in [5, 5.41) is 21.5. The zero-order valence-electron chi connectivity index (χ0n) is 22.4. The fourth-order valence-electron chi connectivity index (χ4n) is 5.36. The van der Waals surface area contributed by atoms with Crippen molar-refractivity contribution in [3.05, 3.63) is 93.2 Å². The monoisotopic (exact) mass is 540 g/mol. The number of nitrogens with one attached hydrogen (secondary N) is 2. The van der Waals surface area contributed by atoms with E-state index in [1.807, 2.05) is 5.38 Å². The number of aliphatic hydroxyl groups is 1. The summed E-state index contributed by atoms with van der Waals surface area (Å²) in [5.74, 6) is -1.69. The molecular weight excluding hydrogens is 502 g/mol. The van der Waals surface area contributed by atoms with Crippen molar-refractivity contribution in [3.8, 4) is 0 Å². The zero-order chi connectivity index (χ0) is 27.3. The van der Waals surface area contributed by atoms with Gasteiger partial charge < -0.3 is 15.7 Å². The van der Waals surface area contributed by atoms with Crippen LogP contribution in [0.3, 0.4) is 0 Å². The van der Waals surface area contributed by atoms with Gasteiger partial charge in [0.05, 0.1) is 12.1 Å². The van der Waals surface area contributed by atoms with Gasteiger partial charge in [0.15, 0.2) is 0 Å². The number of carbonyl (C=O) groups excluding carboxylic acids is 1. The SMILES string of the molecule is CC(C)(C)c1cccc(C2(NCC(O)C(Cc3cc(F)cc(F)c3)NC(=O)c3ccsc3)CCCCC2)c1. The molecule has 1 aromatic heterocycles. The van der Waals surface area contributed by atoms with Crippen LogP contribution < -0.4 is 10.6 Å². The molecule has 0 spiro atoms. The average molecular weight is 541 g/mol. The molecule has 2 aromatic carbocycles. The summed E-state index contributed by atoms with van der Waals surface area (Å²) in [5.41, 5.74) is 3.07. The second-order valence-corrected chi connectivity index (χ2v) is 12.3. The first kappa shape index (κ1) is 28.4. The van der Waals surface area contributed by atoms with E-state index in [0.29, 0.717) is 11.1 Å². The third-order valence-corrected chi connectivity index (χ3v) is 8.26. The number of carbonyl (C=O) groups is 1. The Labute approximate surface area is 228 Å². The second-order valence-electron chi connectivity index (χ2n) is 11.5. The van der Waals surface area contributed by atoms with Gasteiger partial charge in [0, 0.05) is 29.1 Å². The van der Waals surface area contributed by atoms with E-state index in [0.717, 1.165) is 31.7 Å². The van der Waals surface area contributed by atoms with E-state index in [4.69, 9.17) is 0 Å². The van der Waals surface area contributed by atoms with Crippen LogP contribution in [0.15, 0.2) is 59.3 Å². The number of hydrogen-bond acceptors (Lipinski definition) is 4. The first-order valence-electron chi connectivity index (χ1n) is 13.4. The molecule has 1 fully saturated rings. The van der Waals surface area contributed by atoms with Crippen LogP contribution in [0.5, 0.6) is 0 Å². The molecule has 4 rings (SSSR count). The fourth-order valence-corrected chi connectivity index (χ4v) is 6.00. The van der Waals surface area contributed by atoms with Gasteiger partial charge in [-0.05, 0) is 64.9 Å². The van der Waals surface area contributed by atoms with Crippen LogP contribution >= 0.6 is 11.3 Å². The third-order valence-electron chi connectivity index (χ3n) is 7.58. The van der Waals surface area contributed by atoms with Crippen molar-refractivity contribution < 1.29 is 18.7 Å². The Balaban J connectivity index is 1.56. The number of aliphatic hydroxyl groups excluding tert-OH is 1. The summed E-state index contributed by atoms with van der Waals surface area (Å²) in [4.78, 5) is 12.9. The molecule has 1 heterocycles. The minimum Gasteiger partial charge on any atom is -0.390 e. The lowest BCUT2D eigenvalue weighted by atomic mass is 9.74. The molecule has 1 aliphatic carbocycles. The third kappa shape index (κ3) is 7.07. The van der Waals surface area contributed by atoms with Crippen LogP contribution in [0.25, 0.3) is 0 Å². The van der Waals surface area contributed by atoms with Crippen molar-refractivity contribution in [2.75, 3.05) is 6.54 Å². The van der Waals surface area contributed by atoms with Crippen molar-refractivity contribution in [1.29, 1.82) is 0 Å². The van der Waals surface area contributed by atoms with Crippen molar-refractivity contribution in [2.45, 2.75) is 82.4 Å². The molecule has 204 valence electrons. The minimum absolute atomic E-state index is 0.0165. The quantitative estimate of drug-likeness (QED) is 0.291. The van der Waals surface area contributed by atoms with Crippen LogP contribution in [0.2, 0.25) is 0 Å². The van der Waals surface area contributed by atoms with Crippen LogP contribution in [-0.2, 0) is 17.4 Å². The molecule has 1 amide bonds. The summed E-state index contributed by atoms with van der Waals surface area (Å²) in [7, 11) is 0. The van der Waals surface area contributed by atoms with Crippen LogP contribution in [-0.4, -0.2) is 29.7 Å². The highest BCUT2D eigenvalue weighted by atomic mass is 32.1. The summed E-state index contributed by atoms with van der Waals surface area (Å²) in [6, 6.07) is 13.0. The van der Waals surface area contributed by atoms with E-state index in [2.05, 4.69) is 55.7 Å². The van der Waals surface area contributed by atoms with Crippen LogP contribution in [0.4, 0.5) is 8.78 Å². The highest BCUT2D eigenvalue weighted by Gasteiger charge is 2.35. The Morgan fingerprint density at radius 2 is 1.76 bits per heavy atom. The van der Waals surface area contributed by atoms with Crippen LogP contribution in [0, 0.1) is 11.6 Å². The molecule has 0 saturated heterocycles. The van der Waals surface area contributed by atoms with E-state index in [9.17, 15) is 18.7 Å². The highest BCUT2D eigenvalue weighted by Crippen LogP contribution is 2.38. The minimum atomic E-state index is -0.978. The second kappa shape index (κ2) is 12.1. The Kier molecular flexibility index (Phi) is 9.01. The molecule has 4 nitrogen and oxygen atoms in total. The number of amides is 1. The summed E-state index contributed by atoms with van der Waals surface area (Å²) in [6.45, 7) is 6.83. The number of halogens is 2. The zero-order valence-corrected chi connectivity index (χ0v) is 23.2. The maximum atomic E-state index is 13.9. The van der Waals surface area contributed by atoms with Gasteiger partial charge in [0.25, 0.3) is 5.91 Å². The largest absolute Gasteiger partial charge is 0.390 e. The summed E-state index contributed by atoms with van der Waals surface area (Å²) in [6.07, 6.45) is 4.37. The summed E-state index contributed by atoms with van der Waals surface area (Å²) >= 11 is 1.41. The topological polar surface area (TPSA) is 61.4 Å². The van der Waals surface area contributed by atoms with Gasteiger partial charge in [-0.1, -0.05) is 64.3 Å². The Hall–Kier alpha value is -2.61. The molecule has 3 aromatic rings. The number of hydrogen-bond donors (Lipinski definition) is 3. The van der Waals surface area contributed by atoms with Gasteiger partial charge in [-0.25, -0.2) is 8.78 Å². The predicted molar refractivity (Wildman–Crippen MR) is 150 cm³/mol. The van der Waals surface area contributed by atoms with Gasteiger partial charge in [0.1, 0.15) is 11.6 Å². The molecule has 0 bridgehead atoms. The first-order valence-corrected chi connectivity index (χ1v) is 14.3. The molecule has 2 atom stereocenters. The molecule has 7 heteroatoms. The first-order chi connectivity index (χ1) is 18.1. The molecule has 38 heavy (non-hydrogen) atoms. The molecule has 1 aliphatic rings. The van der Waals surface area contributed by atoms with Gasteiger partial charge >= 0.3 is 0 Å². The van der Waals surface area contributed by atoms with E-state index in [1.54, 1.807) is 11.4 Å². The Bertz CT molecular complexity index is 1200.